The van der Waals surface area contributed by atoms with E-state index in [1.165, 1.54) is 0 Å². The number of aromatic nitrogens is 3. The van der Waals surface area contributed by atoms with Crippen molar-refractivity contribution in [1.29, 1.82) is 0 Å². The number of hydrogen-bond acceptors (Lipinski definition) is 4. The summed E-state index contributed by atoms with van der Waals surface area (Å²) in [4.78, 5) is 35.9. The van der Waals surface area contributed by atoms with Crippen molar-refractivity contribution in [3.8, 4) is 5.69 Å². The first-order valence-electron chi connectivity index (χ1n) is 9.69. The molecule has 1 saturated heterocycles. The van der Waals surface area contributed by atoms with E-state index >= 15 is 0 Å². The maximum atomic E-state index is 12.9. The molecule has 1 fully saturated rings. The third-order valence-corrected chi connectivity index (χ3v) is 5.16. The summed E-state index contributed by atoms with van der Waals surface area (Å²) in [6, 6.07) is 12.4. The number of anilines is 1. The van der Waals surface area contributed by atoms with Gasteiger partial charge in [0.25, 0.3) is 5.91 Å². The molecular weight excluding hydrogens is 366 g/mol. The number of carbonyl (C=O) groups is 2. The Hall–Kier alpha value is -3.48. The van der Waals surface area contributed by atoms with E-state index in [-0.39, 0.29) is 11.8 Å². The van der Waals surface area contributed by atoms with Crippen LogP contribution >= 0.6 is 0 Å². The molecule has 3 heterocycles. The molecule has 29 heavy (non-hydrogen) atoms. The molecule has 1 aliphatic rings. The third-order valence-electron chi connectivity index (χ3n) is 5.16. The topological polar surface area (TPSA) is 80.1 Å². The number of likely N-dealkylation sites (tertiary alicyclic amines) is 1. The van der Waals surface area contributed by atoms with Gasteiger partial charge in [-0.25, -0.2) is 9.97 Å². The molecule has 1 atom stereocenters. The molecule has 7 heteroatoms. The Balaban J connectivity index is 1.46. The van der Waals surface area contributed by atoms with Crippen molar-refractivity contribution < 1.29 is 9.59 Å². The molecule has 1 unspecified atom stereocenters. The summed E-state index contributed by atoms with van der Waals surface area (Å²) < 4.78 is 1.97. The van der Waals surface area contributed by atoms with Gasteiger partial charge in [-0.3, -0.25) is 9.59 Å². The van der Waals surface area contributed by atoms with Crippen LogP contribution in [0.2, 0.25) is 0 Å². The number of carbonyl (C=O) groups excluding carboxylic acids is 2. The summed E-state index contributed by atoms with van der Waals surface area (Å²) in [5, 5.41) is 2.94. The molecule has 1 aromatic carbocycles. The van der Waals surface area contributed by atoms with E-state index < -0.39 is 6.04 Å². The fourth-order valence-corrected chi connectivity index (χ4v) is 3.67. The van der Waals surface area contributed by atoms with Crippen LogP contribution in [0.5, 0.6) is 0 Å². The van der Waals surface area contributed by atoms with E-state index in [4.69, 9.17) is 0 Å². The molecule has 7 nitrogen and oxygen atoms in total. The van der Waals surface area contributed by atoms with Gasteiger partial charge in [-0.15, -0.1) is 0 Å². The summed E-state index contributed by atoms with van der Waals surface area (Å²) in [7, 11) is 0. The number of nitrogens with zero attached hydrogens (tertiary/aromatic N) is 4. The molecule has 1 aliphatic heterocycles. The van der Waals surface area contributed by atoms with Gasteiger partial charge in [0.2, 0.25) is 5.91 Å². The monoisotopic (exact) mass is 389 g/mol. The molecule has 2 amide bonds. The largest absolute Gasteiger partial charge is 0.325 e. The maximum Gasteiger partial charge on any atom is 0.273 e. The van der Waals surface area contributed by atoms with Gasteiger partial charge >= 0.3 is 0 Å². The zero-order valence-electron chi connectivity index (χ0n) is 16.5. The van der Waals surface area contributed by atoms with E-state index in [0.717, 1.165) is 23.6 Å². The van der Waals surface area contributed by atoms with Gasteiger partial charge in [-0.2, -0.15) is 0 Å². The second-order valence-corrected chi connectivity index (χ2v) is 7.20. The highest BCUT2D eigenvalue weighted by molar-refractivity contribution is 6.00. The lowest BCUT2D eigenvalue weighted by Gasteiger charge is -2.23. The molecule has 0 aliphatic carbocycles. The number of aryl methyl sites for hydroxylation is 2. The average molecular weight is 389 g/mol. The molecule has 0 bridgehead atoms. The number of nitrogens with one attached hydrogen (secondary N) is 1. The Bertz CT molecular complexity index is 1040. The number of imidazole rings is 1. The highest BCUT2D eigenvalue weighted by atomic mass is 16.2. The number of pyridine rings is 1. The average Bonchev–Trinajstić information content (AvgIpc) is 3.37. The summed E-state index contributed by atoms with van der Waals surface area (Å²) in [6.45, 7) is 4.34. The lowest BCUT2D eigenvalue weighted by atomic mass is 10.2. The van der Waals surface area contributed by atoms with E-state index in [0.29, 0.717) is 24.3 Å². The van der Waals surface area contributed by atoms with Gasteiger partial charge in [0, 0.05) is 36.0 Å². The van der Waals surface area contributed by atoms with Crippen LogP contribution in [0.25, 0.3) is 5.69 Å². The van der Waals surface area contributed by atoms with E-state index in [2.05, 4.69) is 15.3 Å². The van der Waals surface area contributed by atoms with E-state index in [9.17, 15) is 9.59 Å². The van der Waals surface area contributed by atoms with Crippen molar-refractivity contribution in [2.75, 3.05) is 11.9 Å². The van der Waals surface area contributed by atoms with Gasteiger partial charge in [0.1, 0.15) is 17.6 Å². The molecule has 3 aromatic rings. The minimum atomic E-state index is -0.486. The van der Waals surface area contributed by atoms with Crippen LogP contribution in [0.4, 0.5) is 5.69 Å². The van der Waals surface area contributed by atoms with Crippen molar-refractivity contribution in [2.24, 2.45) is 0 Å². The van der Waals surface area contributed by atoms with E-state index in [1.807, 2.05) is 61.0 Å². The van der Waals surface area contributed by atoms with Crippen molar-refractivity contribution >= 4 is 17.5 Å². The number of amides is 2. The molecule has 0 saturated carbocycles. The molecule has 0 spiro atoms. The second-order valence-electron chi connectivity index (χ2n) is 7.20. The minimum absolute atomic E-state index is 0.171. The number of hydrogen-bond donors (Lipinski definition) is 1. The quantitative estimate of drug-likeness (QED) is 0.743. The second kappa shape index (κ2) is 7.87. The fraction of sp³-hybridized carbons (Fsp3) is 0.273. The van der Waals surface area contributed by atoms with Gasteiger partial charge in [-0.05, 0) is 63.1 Å². The summed E-state index contributed by atoms with van der Waals surface area (Å²) in [6.07, 6.45) is 5.09. The highest BCUT2D eigenvalue weighted by Crippen LogP contribution is 2.22. The van der Waals surface area contributed by atoms with Crippen molar-refractivity contribution in [3.63, 3.8) is 0 Å². The predicted octanol–water partition coefficient (Wildman–Crippen LogP) is 3.13. The zero-order valence-corrected chi connectivity index (χ0v) is 16.5. The molecule has 2 aromatic heterocycles. The van der Waals surface area contributed by atoms with Crippen molar-refractivity contribution in [2.45, 2.75) is 32.7 Å². The Kier molecular flexibility index (Phi) is 5.12. The smallest absolute Gasteiger partial charge is 0.273 e. The summed E-state index contributed by atoms with van der Waals surface area (Å²) >= 11 is 0. The first-order chi connectivity index (χ1) is 14.0. The molecule has 0 radical (unpaired) electrons. The van der Waals surface area contributed by atoms with Crippen molar-refractivity contribution in [3.05, 3.63) is 72.1 Å². The Labute approximate surface area is 169 Å². The van der Waals surface area contributed by atoms with Crippen LogP contribution < -0.4 is 5.32 Å². The molecule has 4 rings (SSSR count). The Morgan fingerprint density at radius 1 is 1.10 bits per heavy atom. The third kappa shape index (κ3) is 3.89. The number of benzene rings is 1. The lowest BCUT2D eigenvalue weighted by molar-refractivity contribution is -0.119. The predicted molar refractivity (Wildman–Crippen MR) is 110 cm³/mol. The first-order valence-corrected chi connectivity index (χ1v) is 9.69. The Morgan fingerprint density at radius 3 is 2.59 bits per heavy atom. The van der Waals surface area contributed by atoms with Gasteiger partial charge in [0.15, 0.2) is 0 Å². The maximum absolute atomic E-state index is 12.9. The van der Waals surface area contributed by atoms with E-state index in [1.54, 1.807) is 17.2 Å². The van der Waals surface area contributed by atoms with Crippen molar-refractivity contribution in [1.82, 2.24) is 19.4 Å². The fourth-order valence-electron chi connectivity index (χ4n) is 3.67. The minimum Gasteiger partial charge on any atom is -0.325 e. The number of rotatable bonds is 4. The summed E-state index contributed by atoms with van der Waals surface area (Å²) in [5.74, 6) is 0.527. The zero-order chi connectivity index (χ0) is 20.4. The SMILES string of the molecule is Cc1cccc(C(=O)N2CCCC2C(=O)Nc2ccc(-n3ccnc3C)cc2)n1. The molecular formula is C22H23N5O2. The lowest BCUT2D eigenvalue weighted by Crippen LogP contribution is -2.43. The van der Waals surface area contributed by atoms with Crippen LogP contribution in [0.3, 0.4) is 0 Å². The normalized spacial score (nSPS) is 16.1. The van der Waals surface area contributed by atoms with Crippen LogP contribution in [0, 0.1) is 13.8 Å². The molecule has 1 N–H and O–H groups in total. The Morgan fingerprint density at radius 2 is 1.90 bits per heavy atom. The first kappa shape index (κ1) is 18.9. The standard InChI is InChI=1S/C22H23N5O2/c1-15-5-3-6-19(24-15)22(29)27-13-4-7-20(27)21(28)25-17-8-10-18(11-9-17)26-14-12-23-16(26)2/h3,5-6,8-12,14,20H,4,7,13H2,1-2H3,(H,25,28). The van der Waals surface area contributed by atoms with Gasteiger partial charge in [0.05, 0.1) is 0 Å². The summed E-state index contributed by atoms with van der Waals surface area (Å²) in [5.41, 5.74) is 2.83. The molecule has 148 valence electrons. The van der Waals surface area contributed by atoms with Crippen LogP contribution in [0.1, 0.15) is 34.8 Å². The highest BCUT2D eigenvalue weighted by Gasteiger charge is 2.35. The van der Waals surface area contributed by atoms with Crippen LogP contribution in [0.15, 0.2) is 54.9 Å². The van der Waals surface area contributed by atoms with Gasteiger partial charge in [-0.1, -0.05) is 6.07 Å². The van der Waals surface area contributed by atoms with Gasteiger partial charge < -0.3 is 14.8 Å². The van der Waals surface area contributed by atoms with Crippen LogP contribution in [-0.4, -0.2) is 43.8 Å². The van der Waals surface area contributed by atoms with Crippen LogP contribution in [-0.2, 0) is 4.79 Å².